The van der Waals surface area contributed by atoms with E-state index in [1.165, 1.54) is 5.56 Å². The third kappa shape index (κ3) is 4.61. The first-order valence-corrected chi connectivity index (χ1v) is 5.10. The monoisotopic (exact) mass is 207 g/mol. The zero-order valence-electron chi connectivity index (χ0n) is 9.27. The molecule has 3 heteroatoms. The minimum Gasteiger partial charge on any atom is -0.465 e. The van der Waals surface area contributed by atoms with E-state index >= 15 is 0 Å². The van der Waals surface area contributed by atoms with Crippen molar-refractivity contribution in [3.8, 4) is 0 Å². The fourth-order valence-electron chi connectivity index (χ4n) is 1.38. The number of carbonyl (C=O) groups excluding carboxylic acids is 1. The van der Waals surface area contributed by atoms with E-state index in [4.69, 9.17) is 4.74 Å². The molecular formula is C12H17NO2. The lowest BCUT2D eigenvalue weighted by atomic mass is 10.2. The van der Waals surface area contributed by atoms with Crippen LogP contribution in [0.2, 0.25) is 0 Å². The first-order chi connectivity index (χ1) is 7.22. The number of ether oxygens (including phenoxy) is 1. The normalized spacial score (nSPS) is 10.3. The molecule has 0 N–H and O–H groups in total. The molecule has 0 bridgehead atoms. The van der Waals surface area contributed by atoms with Crippen LogP contribution in [0.4, 0.5) is 0 Å². The maximum Gasteiger partial charge on any atom is 0.320 e. The topological polar surface area (TPSA) is 29.5 Å². The summed E-state index contributed by atoms with van der Waals surface area (Å²) in [5, 5.41) is 0. The summed E-state index contributed by atoms with van der Waals surface area (Å²) in [5.41, 5.74) is 1.20. The summed E-state index contributed by atoms with van der Waals surface area (Å²) < 4.78 is 4.87. The van der Waals surface area contributed by atoms with E-state index in [9.17, 15) is 4.79 Å². The lowest BCUT2D eigenvalue weighted by Crippen LogP contribution is -2.26. The van der Waals surface area contributed by atoms with Crippen LogP contribution in [0.5, 0.6) is 0 Å². The fraction of sp³-hybridized carbons (Fsp3) is 0.417. The molecule has 15 heavy (non-hydrogen) atoms. The number of esters is 1. The minimum absolute atomic E-state index is 0.170. The first-order valence-electron chi connectivity index (χ1n) is 5.10. The van der Waals surface area contributed by atoms with Gasteiger partial charge in [0.05, 0.1) is 13.2 Å². The quantitative estimate of drug-likeness (QED) is 0.688. The number of rotatable bonds is 5. The molecule has 3 nitrogen and oxygen atoms in total. The van der Waals surface area contributed by atoms with Gasteiger partial charge in [0, 0.05) is 6.54 Å². The summed E-state index contributed by atoms with van der Waals surface area (Å²) in [6.45, 7) is 3.36. The highest BCUT2D eigenvalue weighted by Crippen LogP contribution is 2.02. The third-order valence-corrected chi connectivity index (χ3v) is 2.00. The number of hydrogen-bond acceptors (Lipinski definition) is 3. The Bertz CT molecular complexity index is 298. The van der Waals surface area contributed by atoms with Gasteiger partial charge in [-0.05, 0) is 19.5 Å². The molecule has 0 aromatic heterocycles. The Morgan fingerprint density at radius 2 is 2.00 bits per heavy atom. The van der Waals surface area contributed by atoms with Crippen LogP contribution in [-0.2, 0) is 16.1 Å². The van der Waals surface area contributed by atoms with Crippen LogP contribution < -0.4 is 0 Å². The Kier molecular flexibility index (Phi) is 4.84. The van der Waals surface area contributed by atoms with Gasteiger partial charge in [-0.3, -0.25) is 9.69 Å². The van der Waals surface area contributed by atoms with Gasteiger partial charge < -0.3 is 4.74 Å². The molecule has 0 fully saturated rings. The van der Waals surface area contributed by atoms with E-state index < -0.39 is 0 Å². The number of hydrogen-bond donors (Lipinski definition) is 0. The van der Waals surface area contributed by atoms with E-state index in [0.717, 1.165) is 6.54 Å². The van der Waals surface area contributed by atoms with Gasteiger partial charge in [-0.15, -0.1) is 0 Å². The Morgan fingerprint density at radius 1 is 1.33 bits per heavy atom. The maximum atomic E-state index is 11.2. The summed E-state index contributed by atoms with van der Waals surface area (Å²) in [6, 6.07) is 10.1. The van der Waals surface area contributed by atoms with Crippen molar-refractivity contribution in [2.24, 2.45) is 0 Å². The van der Waals surface area contributed by atoms with Crippen molar-refractivity contribution in [3.63, 3.8) is 0 Å². The molecule has 0 saturated heterocycles. The van der Waals surface area contributed by atoms with E-state index in [-0.39, 0.29) is 5.97 Å². The smallest absolute Gasteiger partial charge is 0.320 e. The van der Waals surface area contributed by atoms with Gasteiger partial charge in [-0.1, -0.05) is 30.3 Å². The molecule has 0 aliphatic heterocycles. The van der Waals surface area contributed by atoms with E-state index in [1.807, 2.05) is 49.2 Å². The fourth-order valence-corrected chi connectivity index (χ4v) is 1.38. The summed E-state index contributed by atoms with van der Waals surface area (Å²) in [6.07, 6.45) is 0. The van der Waals surface area contributed by atoms with Crippen molar-refractivity contribution in [1.29, 1.82) is 0 Å². The molecule has 0 spiro atoms. The van der Waals surface area contributed by atoms with Crippen LogP contribution >= 0.6 is 0 Å². The summed E-state index contributed by atoms with van der Waals surface area (Å²) >= 11 is 0. The third-order valence-electron chi connectivity index (χ3n) is 2.00. The highest BCUT2D eigenvalue weighted by Gasteiger charge is 2.06. The molecule has 82 valence electrons. The van der Waals surface area contributed by atoms with Gasteiger partial charge in [0.2, 0.25) is 0 Å². The number of nitrogens with zero attached hydrogens (tertiary/aromatic N) is 1. The van der Waals surface area contributed by atoms with Crippen LogP contribution in [0.25, 0.3) is 0 Å². The van der Waals surface area contributed by atoms with Gasteiger partial charge in [0.15, 0.2) is 0 Å². The predicted octanol–water partition coefficient (Wildman–Crippen LogP) is 1.68. The largest absolute Gasteiger partial charge is 0.465 e. The van der Waals surface area contributed by atoms with Gasteiger partial charge >= 0.3 is 5.97 Å². The molecule has 0 heterocycles. The van der Waals surface area contributed by atoms with Gasteiger partial charge in [-0.25, -0.2) is 0 Å². The van der Waals surface area contributed by atoms with E-state index in [0.29, 0.717) is 13.2 Å². The molecule has 0 aliphatic rings. The lowest BCUT2D eigenvalue weighted by Gasteiger charge is -2.15. The van der Waals surface area contributed by atoms with Gasteiger partial charge in [-0.2, -0.15) is 0 Å². The molecule has 0 radical (unpaired) electrons. The van der Waals surface area contributed by atoms with Crippen molar-refractivity contribution in [1.82, 2.24) is 4.90 Å². The van der Waals surface area contributed by atoms with Crippen LogP contribution in [0, 0.1) is 0 Å². The second kappa shape index (κ2) is 6.19. The van der Waals surface area contributed by atoms with Crippen molar-refractivity contribution >= 4 is 5.97 Å². The zero-order valence-corrected chi connectivity index (χ0v) is 9.27. The average Bonchev–Trinajstić information content (AvgIpc) is 2.19. The Balaban J connectivity index is 2.36. The van der Waals surface area contributed by atoms with Crippen molar-refractivity contribution < 1.29 is 9.53 Å². The Hall–Kier alpha value is -1.35. The van der Waals surface area contributed by atoms with Gasteiger partial charge in [0.1, 0.15) is 0 Å². The molecule has 0 amide bonds. The Labute approximate surface area is 90.7 Å². The molecule has 0 saturated carbocycles. The molecule has 0 atom stereocenters. The number of carbonyl (C=O) groups is 1. The molecule has 1 aromatic rings. The second-order valence-corrected chi connectivity index (χ2v) is 3.46. The molecule has 0 unspecified atom stereocenters. The van der Waals surface area contributed by atoms with E-state index in [2.05, 4.69) is 0 Å². The minimum atomic E-state index is -0.170. The summed E-state index contributed by atoms with van der Waals surface area (Å²) in [5.74, 6) is -0.170. The maximum absolute atomic E-state index is 11.2. The lowest BCUT2D eigenvalue weighted by molar-refractivity contribution is -0.144. The Morgan fingerprint density at radius 3 is 2.60 bits per heavy atom. The van der Waals surface area contributed by atoms with Crippen LogP contribution in [-0.4, -0.2) is 31.1 Å². The van der Waals surface area contributed by atoms with Crippen molar-refractivity contribution in [3.05, 3.63) is 35.9 Å². The number of benzene rings is 1. The highest BCUT2D eigenvalue weighted by atomic mass is 16.5. The second-order valence-electron chi connectivity index (χ2n) is 3.46. The van der Waals surface area contributed by atoms with Crippen LogP contribution in [0.1, 0.15) is 12.5 Å². The van der Waals surface area contributed by atoms with Crippen LogP contribution in [0.3, 0.4) is 0 Å². The molecule has 1 rings (SSSR count). The molecular weight excluding hydrogens is 190 g/mol. The van der Waals surface area contributed by atoms with Crippen LogP contribution in [0.15, 0.2) is 30.3 Å². The summed E-state index contributed by atoms with van der Waals surface area (Å²) in [4.78, 5) is 13.1. The SMILES string of the molecule is CCOC(=O)CN(C)Cc1ccccc1. The highest BCUT2D eigenvalue weighted by molar-refractivity contribution is 5.71. The standard InChI is InChI=1S/C12H17NO2/c1-3-15-12(14)10-13(2)9-11-7-5-4-6-8-11/h4-8H,3,9-10H2,1-2H3. The first kappa shape index (κ1) is 11.7. The molecule has 1 aromatic carbocycles. The summed E-state index contributed by atoms with van der Waals surface area (Å²) in [7, 11) is 1.91. The van der Waals surface area contributed by atoms with Gasteiger partial charge in [0.25, 0.3) is 0 Å². The number of likely N-dealkylation sites (N-methyl/N-ethyl adjacent to an activating group) is 1. The van der Waals surface area contributed by atoms with Crippen molar-refractivity contribution in [2.45, 2.75) is 13.5 Å². The van der Waals surface area contributed by atoms with E-state index in [1.54, 1.807) is 0 Å². The zero-order chi connectivity index (χ0) is 11.1. The molecule has 0 aliphatic carbocycles. The van der Waals surface area contributed by atoms with Crippen molar-refractivity contribution in [2.75, 3.05) is 20.2 Å². The predicted molar refractivity (Wildman–Crippen MR) is 59.4 cm³/mol. The average molecular weight is 207 g/mol.